The van der Waals surface area contributed by atoms with Gasteiger partial charge >= 0.3 is 6.18 Å². The number of rotatable bonds is 3. The minimum Gasteiger partial charge on any atom is -0.356 e. The summed E-state index contributed by atoms with van der Waals surface area (Å²) in [5, 5.41) is 0.971. The zero-order chi connectivity index (χ0) is 22.5. The van der Waals surface area contributed by atoms with Crippen LogP contribution in [0.25, 0.3) is 22.3 Å². The molecule has 0 amide bonds. The van der Waals surface area contributed by atoms with Gasteiger partial charge < -0.3 is 14.9 Å². The van der Waals surface area contributed by atoms with Crippen molar-refractivity contribution in [3.05, 3.63) is 59.7 Å². The second kappa shape index (κ2) is 9.79. The second-order valence-electron chi connectivity index (χ2n) is 7.99. The molecule has 0 aliphatic carbocycles. The maximum atomic E-state index is 13.7. The van der Waals surface area contributed by atoms with Gasteiger partial charge in [0.05, 0.1) is 16.6 Å². The number of aryl methyl sites for hydroxylation is 1. The monoisotopic (exact) mass is 516 g/mol. The molecule has 12 heteroatoms. The normalized spacial score (nSPS) is 14.7. The Morgan fingerprint density at radius 3 is 2.50 bits per heavy atom. The standard InChI is InChI=1S/C22H20F4N6.2ClH/c1-12-18(14-2-3-17(23)16(10-14)22(24,25)26)31-19(30-12)13-5-8-32(9-6-13)21-15-4-7-27-20(15)28-11-29-21;;/h2-4,7,10-11,13H,5-6,8-9H2,1H3,(H,30,31)(H,27,28,29);2*1H. The lowest BCUT2D eigenvalue weighted by Gasteiger charge is -2.32. The van der Waals surface area contributed by atoms with E-state index in [1.165, 1.54) is 6.07 Å². The molecular formula is C22H22Cl2F4N6. The first-order valence-electron chi connectivity index (χ1n) is 10.3. The van der Waals surface area contributed by atoms with Gasteiger partial charge in [-0.1, -0.05) is 0 Å². The molecule has 1 aliphatic rings. The van der Waals surface area contributed by atoms with Crippen LogP contribution in [0.3, 0.4) is 0 Å². The lowest BCUT2D eigenvalue weighted by atomic mass is 9.96. The number of nitrogens with zero attached hydrogens (tertiary/aromatic N) is 4. The van der Waals surface area contributed by atoms with Crippen LogP contribution in [0.4, 0.5) is 23.4 Å². The highest BCUT2D eigenvalue weighted by molar-refractivity contribution is 5.87. The molecule has 1 aromatic carbocycles. The fraction of sp³-hybridized carbons (Fsp3) is 0.318. The first-order chi connectivity index (χ1) is 15.3. The second-order valence-corrected chi connectivity index (χ2v) is 7.99. The first kappa shape index (κ1) is 25.8. The summed E-state index contributed by atoms with van der Waals surface area (Å²) in [6.07, 6.45) is 0.258. The summed E-state index contributed by atoms with van der Waals surface area (Å²) in [4.78, 5) is 21.8. The van der Waals surface area contributed by atoms with Gasteiger partial charge in [0.2, 0.25) is 0 Å². The molecule has 4 heterocycles. The Bertz CT molecular complexity index is 1280. The van der Waals surface area contributed by atoms with Crippen molar-refractivity contribution in [2.75, 3.05) is 18.0 Å². The molecule has 1 aliphatic heterocycles. The van der Waals surface area contributed by atoms with Gasteiger partial charge in [-0.05, 0) is 44.0 Å². The number of nitrogens with one attached hydrogen (secondary N) is 2. The van der Waals surface area contributed by atoms with Gasteiger partial charge in [0.1, 0.15) is 29.4 Å². The van der Waals surface area contributed by atoms with Crippen LogP contribution in [-0.2, 0) is 6.18 Å². The number of benzene rings is 1. The van der Waals surface area contributed by atoms with Crippen LogP contribution in [0.1, 0.15) is 35.8 Å². The number of aromatic amines is 2. The molecule has 0 radical (unpaired) electrons. The molecule has 0 bridgehead atoms. The summed E-state index contributed by atoms with van der Waals surface area (Å²) in [6.45, 7) is 3.30. The summed E-state index contributed by atoms with van der Waals surface area (Å²) < 4.78 is 53.0. The van der Waals surface area contributed by atoms with Crippen LogP contribution in [0, 0.1) is 12.7 Å². The summed E-state index contributed by atoms with van der Waals surface area (Å²) >= 11 is 0. The number of H-pyrrole nitrogens is 2. The molecule has 1 fully saturated rings. The Labute approximate surface area is 205 Å². The minimum atomic E-state index is -4.76. The molecule has 182 valence electrons. The molecule has 1 saturated heterocycles. The first-order valence-corrected chi connectivity index (χ1v) is 10.3. The largest absolute Gasteiger partial charge is 0.419 e. The van der Waals surface area contributed by atoms with E-state index in [4.69, 9.17) is 0 Å². The van der Waals surface area contributed by atoms with Gasteiger partial charge in [-0.2, -0.15) is 13.2 Å². The summed E-state index contributed by atoms with van der Waals surface area (Å²) in [5.74, 6) is 0.481. The van der Waals surface area contributed by atoms with E-state index in [-0.39, 0.29) is 36.3 Å². The van der Waals surface area contributed by atoms with Crippen LogP contribution < -0.4 is 4.90 Å². The Hall–Kier alpha value is -2.85. The lowest BCUT2D eigenvalue weighted by Crippen LogP contribution is -2.33. The zero-order valence-electron chi connectivity index (χ0n) is 18.0. The van der Waals surface area contributed by atoms with E-state index in [1.54, 1.807) is 13.3 Å². The Kier molecular flexibility index (Phi) is 7.42. The topological polar surface area (TPSA) is 73.5 Å². The van der Waals surface area contributed by atoms with Gasteiger partial charge in [0, 0.05) is 36.5 Å². The highest BCUT2D eigenvalue weighted by Gasteiger charge is 2.34. The number of halogens is 6. The predicted molar refractivity (Wildman–Crippen MR) is 126 cm³/mol. The number of imidazole rings is 1. The fourth-order valence-corrected chi connectivity index (χ4v) is 4.32. The molecule has 5 rings (SSSR count). The summed E-state index contributed by atoms with van der Waals surface area (Å²) in [5.41, 5.74) is 0.825. The third-order valence-electron chi connectivity index (χ3n) is 5.96. The average Bonchev–Trinajstić information content (AvgIpc) is 3.40. The van der Waals surface area contributed by atoms with Crippen LogP contribution >= 0.6 is 24.8 Å². The molecule has 34 heavy (non-hydrogen) atoms. The van der Waals surface area contributed by atoms with Crippen molar-refractivity contribution < 1.29 is 17.6 Å². The van der Waals surface area contributed by atoms with Crippen LogP contribution in [-0.4, -0.2) is 38.0 Å². The molecule has 0 saturated carbocycles. The van der Waals surface area contributed by atoms with Gasteiger partial charge in [-0.25, -0.2) is 19.3 Å². The fourth-order valence-electron chi connectivity index (χ4n) is 4.32. The molecule has 6 nitrogen and oxygen atoms in total. The van der Waals surface area contributed by atoms with E-state index in [0.29, 0.717) is 11.4 Å². The number of hydrogen-bond donors (Lipinski definition) is 2. The number of anilines is 1. The van der Waals surface area contributed by atoms with Crippen molar-refractivity contribution in [3.63, 3.8) is 0 Å². The van der Waals surface area contributed by atoms with E-state index in [0.717, 1.165) is 60.7 Å². The molecule has 0 unspecified atom stereocenters. The summed E-state index contributed by atoms with van der Waals surface area (Å²) in [6, 6.07) is 4.95. The van der Waals surface area contributed by atoms with E-state index in [9.17, 15) is 17.6 Å². The Balaban J connectivity index is 0.00000162. The predicted octanol–water partition coefficient (Wildman–Crippen LogP) is 6.04. The van der Waals surface area contributed by atoms with Crippen molar-refractivity contribution in [1.29, 1.82) is 0 Å². The molecule has 4 aromatic rings. The highest BCUT2D eigenvalue weighted by atomic mass is 35.5. The van der Waals surface area contributed by atoms with Crippen molar-refractivity contribution in [3.8, 4) is 11.3 Å². The van der Waals surface area contributed by atoms with E-state index >= 15 is 0 Å². The molecule has 0 spiro atoms. The Morgan fingerprint density at radius 1 is 1.06 bits per heavy atom. The van der Waals surface area contributed by atoms with E-state index < -0.39 is 17.6 Å². The third-order valence-corrected chi connectivity index (χ3v) is 5.96. The SMILES string of the molecule is Cc1[nH]c(C2CCN(c3ncnc4[nH]ccc34)CC2)nc1-c1ccc(F)c(C(F)(F)F)c1.Cl.Cl. The van der Waals surface area contributed by atoms with Gasteiger partial charge in [0.15, 0.2) is 0 Å². The third kappa shape index (κ3) is 4.69. The number of alkyl halides is 3. The number of piperidine rings is 1. The van der Waals surface area contributed by atoms with Crippen molar-refractivity contribution in [1.82, 2.24) is 24.9 Å². The number of fused-ring (bicyclic) bond motifs is 1. The van der Waals surface area contributed by atoms with Gasteiger partial charge in [0.25, 0.3) is 0 Å². The highest BCUT2D eigenvalue weighted by Crippen LogP contribution is 2.36. The van der Waals surface area contributed by atoms with E-state index in [1.807, 2.05) is 12.3 Å². The van der Waals surface area contributed by atoms with Crippen molar-refractivity contribution >= 4 is 41.7 Å². The van der Waals surface area contributed by atoms with Crippen LogP contribution in [0.5, 0.6) is 0 Å². The van der Waals surface area contributed by atoms with Gasteiger partial charge in [-0.15, -0.1) is 24.8 Å². The van der Waals surface area contributed by atoms with Crippen molar-refractivity contribution in [2.45, 2.75) is 31.9 Å². The average molecular weight is 517 g/mol. The Morgan fingerprint density at radius 2 is 1.79 bits per heavy atom. The van der Waals surface area contributed by atoms with Crippen molar-refractivity contribution in [2.24, 2.45) is 0 Å². The molecule has 3 aromatic heterocycles. The number of hydrogen-bond acceptors (Lipinski definition) is 4. The minimum absolute atomic E-state index is 0. The molecular weight excluding hydrogens is 495 g/mol. The maximum absolute atomic E-state index is 13.7. The van der Waals surface area contributed by atoms with Crippen LogP contribution in [0.2, 0.25) is 0 Å². The maximum Gasteiger partial charge on any atom is 0.419 e. The summed E-state index contributed by atoms with van der Waals surface area (Å²) in [7, 11) is 0. The van der Waals surface area contributed by atoms with E-state index in [2.05, 4.69) is 29.8 Å². The number of aromatic nitrogens is 5. The zero-order valence-corrected chi connectivity index (χ0v) is 19.6. The molecule has 2 N–H and O–H groups in total. The van der Waals surface area contributed by atoms with Gasteiger partial charge in [-0.3, -0.25) is 0 Å². The smallest absolute Gasteiger partial charge is 0.356 e. The van der Waals surface area contributed by atoms with Crippen LogP contribution in [0.15, 0.2) is 36.8 Å². The lowest BCUT2D eigenvalue weighted by molar-refractivity contribution is -0.139. The molecule has 0 atom stereocenters. The quantitative estimate of drug-likeness (QED) is 0.325.